The Morgan fingerprint density at radius 2 is 2.14 bits per heavy atom. The Kier molecular flexibility index (Phi) is 6.51. The molecular weight excluding hydrogens is 397 g/mol. The van der Waals surface area contributed by atoms with Crippen LogP contribution < -0.4 is 10.9 Å². The van der Waals surface area contributed by atoms with Crippen molar-refractivity contribution in [3.63, 3.8) is 0 Å². The highest BCUT2D eigenvalue weighted by atomic mass is 32.2. The molecule has 2 N–H and O–H groups in total. The number of benzene rings is 1. The van der Waals surface area contributed by atoms with Gasteiger partial charge in [0.2, 0.25) is 5.91 Å². The standard InChI is InChI=1S/C20H22FN3O2S2/c1-4-11(2)9-13-12(3)28-19-17(13)18(26)23-20(24-19)27-10-16(25)22-15-8-6-5-7-14(15)21/h5-8,11H,4,9-10H2,1-3H3,(H,22,25)(H,23,24,26)/t11-/m1/s1. The molecule has 1 aromatic carbocycles. The van der Waals surface area contributed by atoms with Gasteiger partial charge in [0, 0.05) is 4.88 Å². The van der Waals surface area contributed by atoms with Crippen LogP contribution in [0.2, 0.25) is 0 Å². The van der Waals surface area contributed by atoms with Gasteiger partial charge in [0.05, 0.1) is 16.8 Å². The molecule has 1 atom stereocenters. The number of fused-ring (bicyclic) bond motifs is 1. The molecule has 0 saturated heterocycles. The van der Waals surface area contributed by atoms with Gasteiger partial charge in [-0.15, -0.1) is 11.3 Å². The summed E-state index contributed by atoms with van der Waals surface area (Å²) in [4.78, 5) is 33.8. The number of rotatable bonds is 7. The van der Waals surface area contributed by atoms with Crippen LogP contribution in [-0.4, -0.2) is 21.6 Å². The summed E-state index contributed by atoms with van der Waals surface area (Å²) in [6.45, 7) is 6.32. The second-order valence-electron chi connectivity index (χ2n) is 6.72. The van der Waals surface area contributed by atoms with Gasteiger partial charge in [-0.2, -0.15) is 0 Å². The number of aromatic nitrogens is 2. The Labute approximate surface area is 170 Å². The molecule has 0 unspecified atom stereocenters. The molecule has 0 fully saturated rings. The number of para-hydroxylation sites is 1. The van der Waals surface area contributed by atoms with Crippen LogP contribution in [0.5, 0.6) is 0 Å². The first-order chi connectivity index (χ1) is 13.4. The lowest BCUT2D eigenvalue weighted by Crippen LogP contribution is -2.16. The number of hydrogen-bond acceptors (Lipinski definition) is 5. The SMILES string of the molecule is CC[C@@H](C)Cc1c(C)sc2nc(SCC(=O)Nc3ccccc3F)[nH]c(=O)c12. The molecule has 2 aromatic heterocycles. The maximum absolute atomic E-state index is 13.6. The van der Waals surface area contributed by atoms with Gasteiger partial charge in [-0.25, -0.2) is 9.37 Å². The maximum atomic E-state index is 13.6. The predicted molar refractivity (Wildman–Crippen MR) is 114 cm³/mol. The summed E-state index contributed by atoms with van der Waals surface area (Å²) in [5.74, 6) is -0.339. The van der Waals surface area contributed by atoms with E-state index in [1.54, 1.807) is 12.1 Å². The summed E-state index contributed by atoms with van der Waals surface area (Å²) in [7, 11) is 0. The summed E-state index contributed by atoms with van der Waals surface area (Å²) in [5, 5.41) is 3.56. The van der Waals surface area contributed by atoms with Crippen LogP contribution in [-0.2, 0) is 11.2 Å². The van der Waals surface area contributed by atoms with Crippen molar-refractivity contribution in [2.75, 3.05) is 11.1 Å². The van der Waals surface area contributed by atoms with Gasteiger partial charge >= 0.3 is 0 Å². The number of aromatic amines is 1. The summed E-state index contributed by atoms with van der Waals surface area (Å²) in [5.41, 5.74) is 1.02. The second-order valence-corrected chi connectivity index (χ2v) is 8.89. The highest BCUT2D eigenvalue weighted by Crippen LogP contribution is 2.30. The Balaban J connectivity index is 1.75. The number of hydrogen-bond donors (Lipinski definition) is 2. The number of anilines is 1. The molecule has 3 aromatic rings. The average molecular weight is 420 g/mol. The fraction of sp³-hybridized carbons (Fsp3) is 0.350. The van der Waals surface area contributed by atoms with Crippen molar-refractivity contribution in [3.8, 4) is 0 Å². The van der Waals surface area contributed by atoms with Crippen molar-refractivity contribution in [1.82, 2.24) is 9.97 Å². The minimum Gasteiger partial charge on any atom is -0.323 e. The molecule has 0 spiro atoms. The molecule has 0 radical (unpaired) electrons. The average Bonchev–Trinajstić information content (AvgIpc) is 2.97. The molecule has 0 aliphatic carbocycles. The van der Waals surface area contributed by atoms with E-state index in [9.17, 15) is 14.0 Å². The Bertz CT molecular complexity index is 1060. The second kappa shape index (κ2) is 8.87. The molecule has 148 valence electrons. The fourth-order valence-electron chi connectivity index (χ4n) is 2.85. The minimum absolute atomic E-state index is 0.0207. The van der Waals surface area contributed by atoms with Crippen molar-refractivity contribution < 1.29 is 9.18 Å². The Hall–Kier alpha value is -2.19. The number of thiophene rings is 1. The van der Waals surface area contributed by atoms with Crippen molar-refractivity contribution in [1.29, 1.82) is 0 Å². The van der Waals surface area contributed by atoms with E-state index in [2.05, 4.69) is 29.1 Å². The molecule has 0 aliphatic heterocycles. The molecule has 0 aliphatic rings. The Morgan fingerprint density at radius 3 is 2.86 bits per heavy atom. The number of carbonyl (C=O) groups is 1. The molecule has 0 bridgehead atoms. The zero-order valence-electron chi connectivity index (χ0n) is 16.0. The lowest BCUT2D eigenvalue weighted by Gasteiger charge is -2.08. The summed E-state index contributed by atoms with van der Waals surface area (Å²) in [6, 6.07) is 5.99. The first kappa shape index (κ1) is 20.5. The number of H-pyrrole nitrogens is 1. The van der Waals surface area contributed by atoms with Crippen molar-refractivity contribution in [2.24, 2.45) is 5.92 Å². The van der Waals surface area contributed by atoms with Gasteiger partial charge < -0.3 is 10.3 Å². The Morgan fingerprint density at radius 1 is 1.39 bits per heavy atom. The van der Waals surface area contributed by atoms with Gasteiger partial charge in [-0.1, -0.05) is 44.2 Å². The van der Waals surface area contributed by atoms with Crippen molar-refractivity contribution in [3.05, 3.63) is 50.9 Å². The normalized spacial score (nSPS) is 12.3. The van der Waals surface area contributed by atoms with E-state index in [0.29, 0.717) is 21.3 Å². The third-order valence-corrected chi connectivity index (χ3v) is 6.49. The van der Waals surface area contributed by atoms with E-state index in [1.165, 1.54) is 23.5 Å². The van der Waals surface area contributed by atoms with E-state index in [4.69, 9.17) is 0 Å². The summed E-state index contributed by atoms with van der Waals surface area (Å²) < 4.78 is 13.6. The van der Waals surface area contributed by atoms with E-state index in [1.807, 2.05) is 6.92 Å². The number of aryl methyl sites for hydroxylation is 1. The van der Waals surface area contributed by atoms with Gasteiger partial charge in [0.1, 0.15) is 10.6 Å². The van der Waals surface area contributed by atoms with Gasteiger partial charge in [0.25, 0.3) is 5.56 Å². The van der Waals surface area contributed by atoms with Crippen LogP contribution in [0.15, 0.2) is 34.2 Å². The molecule has 28 heavy (non-hydrogen) atoms. The first-order valence-electron chi connectivity index (χ1n) is 9.08. The largest absolute Gasteiger partial charge is 0.323 e. The molecule has 0 saturated carbocycles. The highest BCUT2D eigenvalue weighted by Gasteiger charge is 2.17. The zero-order chi connectivity index (χ0) is 20.3. The van der Waals surface area contributed by atoms with Gasteiger partial charge in [-0.3, -0.25) is 9.59 Å². The number of nitrogens with one attached hydrogen (secondary N) is 2. The summed E-state index contributed by atoms with van der Waals surface area (Å²) in [6.07, 6.45) is 1.90. The topological polar surface area (TPSA) is 74.8 Å². The quantitative estimate of drug-likeness (QED) is 0.428. The van der Waals surface area contributed by atoms with Gasteiger partial charge in [-0.05, 0) is 37.0 Å². The number of amides is 1. The number of carbonyl (C=O) groups excluding carboxylic acids is 1. The third-order valence-electron chi connectivity index (χ3n) is 4.58. The maximum Gasteiger partial charge on any atom is 0.260 e. The molecule has 1 amide bonds. The summed E-state index contributed by atoms with van der Waals surface area (Å²) >= 11 is 2.63. The highest BCUT2D eigenvalue weighted by molar-refractivity contribution is 7.99. The molecule has 3 rings (SSSR count). The number of nitrogens with zero attached hydrogens (tertiary/aromatic N) is 1. The van der Waals surface area contributed by atoms with Gasteiger partial charge in [0.15, 0.2) is 5.16 Å². The van der Waals surface area contributed by atoms with Crippen LogP contribution in [0.4, 0.5) is 10.1 Å². The van der Waals surface area contributed by atoms with E-state index in [0.717, 1.165) is 35.0 Å². The van der Waals surface area contributed by atoms with E-state index in [-0.39, 0.29) is 22.9 Å². The van der Waals surface area contributed by atoms with E-state index >= 15 is 0 Å². The monoisotopic (exact) mass is 419 g/mol. The molecule has 5 nitrogen and oxygen atoms in total. The number of halogens is 1. The van der Waals surface area contributed by atoms with Crippen LogP contribution >= 0.6 is 23.1 Å². The first-order valence-corrected chi connectivity index (χ1v) is 10.9. The zero-order valence-corrected chi connectivity index (χ0v) is 17.6. The number of thioether (sulfide) groups is 1. The van der Waals surface area contributed by atoms with Crippen molar-refractivity contribution >= 4 is 44.9 Å². The lowest BCUT2D eigenvalue weighted by molar-refractivity contribution is -0.113. The van der Waals surface area contributed by atoms with Crippen LogP contribution in [0.3, 0.4) is 0 Å². The van der Waals surface area contributed by atoms with Crippen molar-refractivity contribution in [2.45, 2.75) is 38.8 Å². The minimum atomic E-state index is -0.489. The molecule has 2 heterocycles. The van der Waals surface area contributed by atoms with Crippen LogP contribution in [0, 0.1) is 18.7 Å². The lowest BCUT2D eigenvalue weighted by atomic mass is 9.98. The molecule has 8 heteroatoms. The fourth-order valence-corrected chi connectivity index (χ4v) is 4.62. The van der Waals surface area contributed by atoms with Crippen LogP contribution in [0.25, 0.3) is 10.2 Å². The molecular formula is C20H22FN3O2S2. The van der Waals surface area contributed by atoms with E-state index < -0.39 is 5.82 Å². The van der Waals surface area contributed by atoms with Crippen LogP contribution in [0.1, 0.15) is 30.7 Å². The predicted octanol–water partition coefficient (Wildman–Crippen LogP) is 4.75. The smallest absolute Gasteiger partial charge is 0.260 e. The third kappa shape index (κ3) is 4.62.